The summed E-state index contributed by atoms with van der Waals surface area (Å²) in [5.74, 6) is 0.663. The molecule has 0 bridgehead atoms. The van der Waals surface area contributed by atoms with Crippen molar-refractivity contribution in [2.45, 2.75) is 38.5 Å². The molecule has 21 heavy (non-hydrogen) atoms. The molecule has 0 saturated heterocycles. The van der Waals surface area contributed by atoms with Gasteiger partial charge in [-0.3, -0.25) is 9.89 Å². The average Bonchev–Trinajstić information content (AvgIpc) is 2.93. The predicted octanol–water partition coefficient (Wildman–Crippen LogP) is 3.08. The number of aromatic amines is 1. The third kappa shape index (κ3) is 4.60. The number of nitrogens with zero attached hydrogens (tertiary/aromatic N) is 2. The Balaban J connectivity index is 1.96. The Kier molecular flexibility index (Phi) is 5.38. The Morgan fingerprint density at radius 1 is 1.33 bits per heavy atom. The molecule has 112 valence electrons. The van der Waals surface area contributed by atoms with E-state index < -0.39 is 0 Å². The molecule has 2 rings (SSSR count). The highest BCUT2D eigenvalue weighted by atomic mass is 32.2. The summed E-state index contributed by atoms with van der Waals surface area (Å²) in [6.07, 6.45) is 0.910. The molecule has 0 aliphatic carbocycles. The molecule has 0 fully saturated rings. The summed E-state index contributed by atoms with van der Waals surface area (Å²) in [4.78, 5) is 15.8. The van der Waals surface area contributed by atoms with Crippen LogP contribution >= 0.6 is 11.8 Å². The number of benzene rings is 1. The molecule has 0 atom stereocenters. The molecule has 6 heteroatoms. The topological polar surface area (TPSA) is 67.9 Å². The number of esters is 1. The Hall–Kier alpha value is -1.82. The van der Waals surface area contributed by atoms with Gasteiger partial charge >= 0.3 is 5.97 Å². The fourth-order valence-corrected chi connectivity index (χ4v) is 2.34. The number of hydrogen-bond acceptors (Lipinski definition) is 5. The zero-order chi connectivity index (χ0) is 15.2. The van der Waals surface area contributed by atoms with Crippen molar-refractivity contribution in [2.75, 3.05) is 5.75 Å². The number of carbonyl (C=O) groups excluding carboxylic acids is 1. The van der Waals surface area contributed by atoms with Gasteiger partial charge in [-0.1, -0.05) is 43.0 Å². The highest BCUT2D eigenvalue weighted by Gasteiger charge is 2.10. The second-order valence-electron chi connectivity index (χ2n) is 4.84. The maximum Gasteiger partial charge on any atom is 0.316 e. The smallest absolute Gasteiger partial charge is 0.316 e. The van der Waals surface area contributed by atoms with Crippen LogP contribution in [-0.2, 0) is 16.0 Å². The lowest BCUT2D eigenvalue weighted by molar-refractivity contribution is -0.144. The number of aromatic nitrogens is 3. The second kappa shape index (κ2) is 7.26. The number of hydrogen-bond donors (Lipinski definition) is 1. The number of aryl methyl sites for hydroxylation is 1. The summed E-state index contributed by atoms with van der Waals surface area (Å²) in [7, 11) is 0. The molecule has 1 aromatic heterocycles. The van der Waals surface area contributed by atoms with Crippen molar-refractivity contribution in [3.8, 4) is 11.4 Å². The number of nitrogens with one attached hydrogen (secondary N) is 1. The van der Waals surface area contributed by atoms with Gasteiger partial charge in [-0.2, -0.15) is 0 Å². The van der Waals surface area contributed by atoms with Gasteiger partial charge < -0.3 is 4.74 Å². The number of H-pyrrole nitrogens is 1. The lowest BCUT2D eigenvalue weighted by Crippen LogP contribution is -2.13. The van der Waals surface area contributed by atoms with E-state index in [4.69, 9.17) is 4.74 Å². The Morgan fingerprint density at radius 3 is 2.67 bits per heavy atom. The number of rotatable bonds is 6. The van der Waals surface area contributed by atoms with E-state index in [1.54, 1.807) is 0 Å². The van der Waals surface area contributed by atoms with E-state index in [0.717, 1.165) is 12.0 Å². The van der Waals surface area contributed by atoms with Crippen LogP contribution in [0.1, 0.15) is 26.3 Å². The third-order valence-electron chi connectivity index (χ3n) is 2.79. The van der Waals surface area contributed by atoms with Gasteiger partial charge in [0, 0.05) is 5.56 Å². The molecule has 1 N–H and O–H groups in total. The van der Waals surface area contributed by atoms with Crippen LogP contribution in [0.2, 0.25) is 0 Å². The summed E-state index contributed by atoms with van der Waals surface area (Å²) >= 11 is 1.27. The van der Waals surface area contributed by atoms with Gasteiger partial charge in [0.2, 0.25) is 5.16 Å². The highest BCUT2D eigenvalue weighted by Crippen LogP contribution is 2.20. The van der Waals surface area contributed by atoms with Gasteiger partial charge in [0.05, 0.1) is 11.9 Å². The number of thioether (sulfide) groups is 1. The standard InChI is InChI=1S/C15H19N3O2S/c1-4-11-5-7-12(8-6-11)14-16-15(18-17-14)21-9-13(19)20-10(2)3/h5-8,10H,4,9H2,1-3H3,(H,16,17,18). The van der Waals surface area contributed by atoms with Gasteiger partial charge in [0.1, 0.15) is 0 Å². The molecule has 0 aliphatic heterocycles. The zero-order valence-corrected chi connectivity index (χ0v) is 13.2. The summed E-state index contributed by atoms with van der Waals surface area (Å²) in [6.45, 7) is 5.77. The minimum absolute atomic E-state index is 0.0992. The molecular formula is C15H19N3O2S. The number of ether oxygens (including phenoxy) is 1. The molecule has 0 unspecified atom stereocenters. The Labute approximate surface area is 128 Å². The lowest BCUT2D eigenvalue weighted by Gasteiger charge is -2.05. The monoisotopic (exact) mass is 305 g/mol. The summed E-state index contributed by atoms with van der Waals surface area (Å²) in [5.41, 5.74) is 2.26. The maximum atomic E-state index is 11.5. The van der Waals surface area contributed by atoms with E-state index in [9.17, 15) is 4.79 Å². The van der Waals surface area contributed by atoms with Crippen LogP contribution in [0.25, 0.3) is 11.4 Å². The third-order valence-corrected chi connectivity index (χ3v) is 3.61. The lowest BCUT2D eigenvalue weighted by atomic mass is 10.1. The molecule has 1 aromatic carbocycles. The van der Waals surface area contributed by atoms with Crippen LogP contribution in [0.3, 0.4) is 0 Å². The first kappa shape index (κ1) is 15.6. The first-order valence-electron chi connectivity index (χ1n) is 6.92. The molecule has 0 aliphatic rings. The minimum Gasteiger partial charge on any atom is -0.462 e. The van der Waals surface area contributed by atoms with Crippen LogP contribution in [0.5, 0.6) is 0 Å². The molecule has 5 nitrogen and oxygen atoms in total. The predicted molar refractivity (Wildman–Crippen MR) is 83.1 cm³/mol. The van der Waals surface area contributed by atoms with Crippen LogP contribution in [0.4, 0.5) is 0 Å². The van der Waals surface area contributed by atoms with Crippen LogP contribution in [0.15, 0.2) is 29.4 Å². The van der Waals surface area contributed by atoms with Crippen LogP contribution < -0.4 is 0 Å². The van der Waals surface area contributed by atoms with E-state index >= 15 is 0 Å². The summed E-state index contributed by atoms with van der Waals surface area (Å²) in [6, 6.07) is 8.18. The van der Waals surface area contributed by atoms with E-state index in [2.05, 4.69) is 34.2 Å². The molecule has 0 radical (unpaired) electrons. The first-order chi connectivity index (χ1) is 10.1. The Morgan fingerprint density at radius 2 is 2.05 bits per heavy atom. The molecule has 1 heterocycles. The quantitative estimate of drug-likeness (QED) is 0.656. The fraction of sp³-hybridized carbons (Fsp3) is 0.400. The van der Waals surface area contributed by atoms with E-state index in [1.165, 1.54) is 17.3 Å². The summed E-state index contributed by atoms with van der Waals surface area (Å²) in [5, 5.41) is 7.54. The highest BCUT2D eigenvalue weighted by molar-refractivity contribution is 7.99. The molecule has 0 saturated carbocycles. The van der Waals surface area contributed by atoms with Crippen molar-refractivity contribution in [3.63, 3.8) is 0 Å². The van der Waals surface area contributed by atoms with Gasteiger partial charge in [0.25, 0.3) is 0 Å². The Bertz CT molecular complexity index is 593. The maximum absolute atomic E-state index is 11.5. The van der Waals surface area contributed by atoms with Crippen molar-refractivity contribution in [2.24, 2.45) is 0 Å². The SMILES string of the molecule is CCc1ccc(-c2nc(SCC(=O)OC(C)C)n[nH]2)cc1. The minimum atomic E-state index is -0.256. The first-order valence-corrected chi connectivity index (χ1v) is 7.91. The largest absolute Gasteiger partial charge is 0.462 e. The van der Waals surface area contributed by atoms with E-state index in [1.807, 2.05) is 26.0 Å². The van der Waals surface area contributed by atoms with Gasteiger partial charge in [-0.05, 0) is 25.8 Å². The molecular weight excluding hydrogens is 286 g/mol. The van der Waals surface area contributed by atoms with E-state index in [0.29, 0.717) is 11.0 Å². The van der Waals surface area contributed by atoms with E-state index in [-0.39, 0.29) is 17.8 Å². The van der Waals surface area contributed by atoms with Crippen molar-refractivity contribution in [1.82, 2.24) is 15.2 Å². The normalized spacial score (nSPS) is 10.9. The zero-order valence-electron chi connectivity index (χ0n) is 12.4. The van der Waals surface area contributed by atoms with Crippen LogP contribution in [-0.4, -0.2) is 33.0 Å². The van der Waals surface area contributed by atoms with Crippen molar-refractivity contribution < 1.29 is 9.53 Å². The molecule has 2 aromatic rings. The fourth-order valence-electron chi connectivity index (χ4n) is 1.76. The van der Waals surface area contributed by atoms with Crippen molar-refractivity contribution in [1.29, 1.82) is 0 Å². The average molecular weight is 305 g/mol. The van der Waals surface area contributed by atoms with Gasteiger partial charge in [-0.15, -0.1) is 5.10 Å². The molecule has 0 spiro atoms. The van der Waals surface area contributed by atoms with Crippen LogP contribution in [0, 0.1) is 0 Å². The van der Waals surface area contributed by atoms with Gasteiger partial charge in [-0.25, -0.2) is 4.98 Å². The van der Waals surface area contributed by atoms with Crippen molar-refractivity contribution >= 4 is 17.7 Å². The summed E-state index contributed by atoms with van der Waals surface area (Å²) < 4.78 is 5.06. The second-order valence-corrected chi connectivity index (χ2v) is 5.79. The van der Waals surface area contributed by atoms with Crippen molar-refractivity contribution in [3.05, 3.63) is 29.8 Å². The molecule has 0 amide bonds. The number of carbonyl (C=O) groups is 1. The van der Waals surface area contributed by atoms with Gasteiger partial charge in [0.15, 0.2) is 5.82 Å².